The van der Waals surface area contributed by atoms with Crippen LogP contribution in [0.5, 0.6) is 5.75 Å². The van der Waals surface area contributed by atoms with Gasteiger partial charge in [0.05, 0.1) is 6.10 Å². The van der Waals surface area contributed by atoms with Crippen LogP contribution in [0.15, 0.2) is 18.2 Å². The molecule has 0 aromatic heterocycles. The van der Waals surface area contributed by atoms with Crippen molar-refractivity contribution in [2.24, 2.45) is 0 Å². The molecule has 0 amide bonds. The maximum Gasteiger partial charge on any atom is 0.124 e. The zero-order valence-electron chi connectivity index (χ0n) is 12.0. The molecule has 1 unspecified atom stereocenters. The Bertz CT molecular complexity index is 352. The lowest BCUT2D eigenvalue weighted by atomic mass is 10.1. The van der Waals surface area contributed by atoms with Crippen molar-refractivity contribution in [2.75, 3.05) is 20.3 Å². The van der Waals surface area contributed by atoms with E-state index in [0.29, 0.717) is 0 Å². The van der Waals surface area contributed by atoms with Crippen LogP contribution in [0, 0.1) is 6.92 Å². The van der Waals surface area contributed by atoms with Gasteiger partial charge in [0.15, 0.2) is 0 Å². The maximum absolute atomic E-state index is 5.98. The predicted octanol–water partition coefficient (Wildman–Crippen LogP) is 2.91. The third kappa shape index (κ3) is 5.07. The highest BCUT2D eigenvalue weighted by Crippen LogP contribution is 2.21. The normalized spacial score (nSPS) is 12.4. The van der Waals surface area contributed by atoms with Gasteiger partial charge in [0.25, 0.3) is 0 Å². The summed E-state index contributed by atoms with van der Waals surface area (Å²) in [4.78, 5) is 0. The summed E-state index contributed by atoms with van der Waals surface area (Å²) in [5, 5.41) is 3.34. The maximum atomic E-state index is 5.98. The molecule has 3 nitrogen and oxygen atoms in total. The van der Waals surface area contributed by atoms with Gasteiger partial charge in [-0.05, 0) is 26.5 Å². The molecule has 1 aromatic carbocycles. The van der Waals surface area contributed by atoms with Crippen molar-refractivity contribution in [3.05, 3.63) is 29.3 Å². The van der Waals surface area contributed by atoms with Crippen molar-refractivity contribution < 1.29 is 9.47 Å². The van der Waals surface area contributed by atoms with E-state index in [1.54, 1.807) is 7.11 Å². The van der Waals surface area contributed by atoms with Crippen LogP contribution < -0.4 is 10.1 Å². The van der Waals surface area contributed by atoms with Gasteiger partial charge in [0.2, 0.25) is 0 Å². The van der Waals surface area contributed by atoms with Crippen molar-refractivity contribution >= 4 is 0 Å². The molecule has 0 saturated carbocycles. The number of hydrogen-bond donors (Lipinski definition) is 1. The molecule has 0 aliphatic heterocycles. The molecule has 0 bridgehead atoms. The molecule has 18 heavy (non-hydrogen) atoms. The average Bonchev–Trinajstić information content (AvgIpc) is 2.36. The molecular formula is C15H25NO2. The third-order valence-electron chi connectivity index (χ3n) is 2.84. The molecule has 1 atom stereocenters. The number of benzene rings is 1. The first kappa shape index (κ1) is 15.0. The summed E-state index contributed by atoms with van der Waals surface area (Å²) in [7, 11) is 1.72. The third-order valence-corrected chi connectivity index (χ3v) is 2.84. The van der Waals surface area contributed by atoms with Gasteiger partial charge in [-0.1, -0.05) is 24.6 Å². The van der Waals surface area contributed by atoms with Gasteiger partial charge < -0.3 is 14.8 Å². The summed E-state index contributed by atoms with van der Waals surface area (Å²) in [5.41, 5.74) is 2.49. The number of rotatable bonds is 8. The molecular weight excluding hydrogens is 226 g/mol. The summed E-state index contributed by atoms with van der Waals surface area (Å²) < 4.78 is 11.1. The van der Waals surface area contributed by atoms with Crippen molar-refractivity contribution in [1.82, 2.24) is 5.32 Å². The van der Waals surface area contributed by atoms with Crippen molar-refractivity contribution in [2.45, 2.75) is 39.8 Å². The van der Waals surface area contributed by atoms with E-state index in [0.717, 1.165) is 31.9 Å². The number of hydrogen-bond acceptors (Lipinski definition) is 3. The van der Waals surface area contributed by atoms with E-state index in [9.17, 15) is 0 Å². The van der Waals surface area contributed by atoms with Crippen molar-refractivity contribution in [3.63, 3.8) is 0 Å². The van der Waals surface area contributed by atoms with Gasteiger partial charge in [0, 0.05) is 32.2 Å². The van der Waals surface area contributed by atoms with Gasteiger partial charge in [0.1, 0.15) is 5.75 Å². The minimum absolute atomic E-state index is 0.174. The number of ether oxygens (including phenoxy) is 2. The Morgan fingerprint density at radius 3 is 2.78 bits per heavy atom. The van der Waals surface area contributed by atoms with E-state index in [2.05, 4.69) is 44.3 Å². The first-order valence-corrected chi connectivity index (χ1v) is 6.63. The first-order chi connectivity index (χ1) is 8.67. The molecule has 1 aromatic rings. The molecule has 0 saturated heterocycles. The van der Waals surface area contributed by atoms with Gasteiger partial charge in [-0.15, -0.1) is 0 Å². The minimum atomic E-state index is 0.174. The number of methoxy groups -OCH3 is 1. The number of nitrogens with one attached hydrogen (secondary N) is 1. The van der Waals surface area contributed by atoms with Crippen LogP contribution in [0.25, 0.3) is 0 Å². The zero-order chi connectivity index (χ0) is 13.4. The lowest BCUT2D eigenvalue weighted by Crippen LogP contribution is -2.17. The number of aryl methyl sites for hydroxylation is 1. The molecule has 0 fully saturated rings. The largest absolute Gasteiger partial charge is 0.490 e. The summed E-state index contributed by atoms with van der Waals surface area (Å²) in [6.45, 7) is 8.84. The fraction of sp³-hybridized carbons (Fsp3) is 0.600. The van der Waals surface area contributed by atoms with Crippen LogP contribution in [-0.2, 0) is 11.3 Å². The van der Waals surface area contributed by atoms with E-state index in [1.165, 1.54) is 11.1 Å². The Hall–Kier alpha value is -1.06. The van der Waals surface area contributed by atoms with Gasteiger partial charge in [-0.2, -0.15) is 0 Å². The highest BCUT2D eigenvalue weighted by molar-refractivity contribution is 5.37. The van der Waals surface area contributed by atoms with Crippen LogP contribution in [0.3, 0.4) is 0 Å². The average molecular weight is 251 g/mol. The molecule has 102 valence electrons. The molecule has 1 N–H and O–H groups in total. The van der Waals surface area contributed by atoms with Crippen LogP contribution in [0.4, 0.5) is 0 Å². The van der Waals surface area contributed by atoms with Crippen LogP contribution in [0.2, 0.25) is 0 Å². The summed E-state index contributed by atoms with van der Waals surface area (Å²) in [5.74, 6) is 0.977. The summed E-state index contributed by atoms with van der Waals surface area (Å²) in [6, 6.07) is 6.33. The second-order valence-electron chi connectivity index (χ2n) is 4.60. The van der Waals surface area contributed by atoms with Gasteiger partial charge in [-0.3, -0.25) is 0 Å². The van der Waals surface area contributed by atoms with E-state index >= 15 is 0 Å². The quantitative estimate of drug-likeness (QED) is 0.770. The monoisotopic (exact) mass is 251 g/mol. The first-order valence-electron chi connectivity index (χ1n) is 6.63. The lowest BCUT2D eigenvalue weighted by molar-refractivity contribution is 0.134. The van der Waals surface area contributed by atoms with Gasteiger partial charge >= 0.3 is 0 Å². The second kappa shape index (κ2) is 8.11. The Kier molecular flexibility index (Phi) is 6.76. The van der Waals surface area contributed by atoms with Crippen LogP contribution in [0.1, 0.15) is 31.4 Å². The smallest absolute Gasteiger partial charge is 0.124 e. The molecule has 1 rings (SSSR count). The molecule has 0 aliphatic rings. The predicted molar refractivity (Wildman–Crippen MR) is 75.1 cm³/mol. The molecule has 0 heterocycles. The SMILES string of the molecule is CCNCc1cc(C)ccc1OC(C)CCOC. The van der Waals surface area contributed by atoms with Crippen LogP contribution >= 0.6 is 0 Å². The Morgan fingerprint density at radius 2 is 2.11 bits per heavy atom. The van der Waals surface area contributed by atoms with Crippen LogP contribution in [-0.4, -0.2) is 26.4 Å². The minimum Gasteiger partial charge on any atom is -0.490 e. The lowest BCUT2D eigenvalue weighted by Gasteiger charge is -2.18. The second-order valence-corrected chi connectivity index (χ2v) is 4.60. The molecule has 0 radical (unpaired) electrons. The standard InChI is InChI=1S/C15H25NO2/c1-5-16-11-14-10-12(2)6-7-15(14)18-13(3)8-9-17-4/h6-7,10,13,16H,5,8-9,11H2,1-4H3. The Labute approximate surface area is 110 Å². The van der Waals surface area contributed by atoms with E-state index in [-0.39, 0.29) is 6.10 Å². The van der Waals surface area contributed by atoms with E-state index < -0.39 is 0 Å². The van der Waals surface area contributed by atoms with E-state index in [4.69, 9.17) is 9.47 Å². The molecule has 3 heteroatoms. The Balaban J connectivity index is 2.67. The zero-order valence-corrected chi connectivity index (χ0v) is 12.0. The highest BCUT2D eigenvalue weighted by Gasteiger charge is 2.08. The van der Waals surface area contributed by atoms with E-state index in [1.807, 2.05) is 0 Å². The fourth-order valence-corrected chi connectivity index (χ4v) is 1.78. The fourth-order valence-electron chi connectivity index (χ4n) is 1.78. The summed E-state index contributed by atoms with van der Waals surface area (Å²) >= 11 is 0. The molecule has 0 spiro atoms. The highest BCUT2D eigenvalue weighted by atomic mass is 16.5. The Morgan fingerprint density at radius 1 is 1.33 bits per heavy atom. The summed E-state index contributed by atoms with van der Waals surface area (Å²) in [6.07, 6.45) is 1.08. The van der Waals surface area contributed by atoms with Gasteiger partial charge in [-0.25, -0.2) is 0 Å². The molecule has 0 aliphatic carbocycles. The van der Waals surface area contributed by atoms with Crippen molar-refractivity contribution in [3.8, 4) is 5.75 Å². The topological polar surface area (TPSA) is 30.5 Å². The van der Waals surface area contributed by atoms with Crippen molar-refractivity contribution in [1.29, 1.82) is 0 Å².